The first-order valence-electron chi connectivity index (χ1n) is 5.40. The molecule has 0 amide bonds. The molecule has 0 radical (unpaired) electrons. The molecular weight excluding hydrogens is 162 g/mol. The van der Waals surface area contributed by atoms with Crippen molar-refractivity contribution in [3.05, 3.63) is 0 Å². The Morgan fingerprint density at radius 1 is 1.38 bits per heavy atom. The highest BCUT2D eigenvalue weighted by Crippen LogP contribution is 2.54. The van der Waals surface area contributed by atoms with Gasteiger partial charge >= 0.3 is 0 Å². The van der Waals surface area contributed by atoms with E-state index < -0.39 is 5.60 Å². The molecule has 1 aliphatic carbocycles. The Hall–Kier alpha value is -0.0800. The summed E-state index contributed by atoms with van der Waals surface area (Å²) in [6, 6.07) is 0. The minimum Gasteiger partial charge on any atom is -0.389 e. The second kappa shape index (κ2) is 3.58. The summed E-state index contributed by atoms with van der Waals surface area (Å²) in [5, 5.41) is 10.4. The van der Waals surface area contributed by atoms with E-state index in [-0.39, 0.29) is 5.41 Å². The lowest BCUT2D eigenvalue weighted by atomic mass is 9.53. The molecule has 0 aliphatic heterocycles. The highest BCUT2D eigenvalue weighted by molar-refractivity contribution is 5.06. The van der Waals surface area contributed by atoms with Gasteiger partial charge in [0, 0.05) is 5.92 Å². The highest BCUT2D eigenvalue weighted by Gasteiger charge is 2.55. The van der Waals surface area contributed by atoms with E-state index in [9.17, 15) is 5.11 Å². The van der Waals surface area contributed by atoms with Crippen molar-refractivity contribution < 1.29 is 5.11 Å². The molecule has 0 spiro atoms. The first kappa shape index (κ1) is 11.0. The van der Waals surface area contributed by atoms with E-state index in [4.69, 9.17) is 5.73 Å². The average Bonchev–Trinajstić information content (AvgIpc) is 2.11. The van der Waals surface area contributed by atoms with Crippen molar-refractivity contribution in [2.45, 2.75) is 52.1 Å². The first-order chi connectivity index (χ1) is 5.98. The van der Waals surface area contributed by atoms with Gasteiger partial charge in [-0.2, -0.15) is 0 Å². The quantitative estimate of drug-likeness (QED) is 0.703. The first-order valence-corrected chi connectivity index (χ1v) is 5.40. The molecule has 2 heteroatoms. The van der Waals surface area contributed by atoms with Crippen molar-refractivity contribution in [1.82, 2.24) is 0 Å². The van der Waals surface area contributed by atoms with Crippen molar-refractivity contribution in [2.24, 2.45) is 17.1 Å². The van der Waals surface area contributed by atoms with Crippen LogP contribution in [0, 0.1) is 11.3 Å². The van der Waals surface area contributed by atoms with Crippen LogP contribution in [0.4, 0.5) is 0 Å². The van der Waals surface area contributed by atoms with Crippen LogP contribution in [0.15, 0.2) is 0 Å². The number of nitrogens with two attached hydrogens (primary N) is 1. The summed E-state index contributed by atoms with van der Waals surface area (Å²) >= 11 is 0. The van der Waals surface area contributed by atoms with Crippen molar-refractivity contribution in [3.8, 4) is 0 Å². The zero-order valence-electron chi connectivity index (χ0n) is 9.14. The van der Waals surface area contributed by atoms with Crippen molar-refractivity contribution in [3.63, 3.8) is 0 Å². The van der Waals surface area contributed by atoms with Crippen LogP contribution >= 0.6 is 0 Å². The van der Waals surface area contributed by atoms with Crippen LogP contribution in [-0.2, 0) is 0 Å². The van der Waals surface area contributed by atoms with E-state index in [0.717, 1.165) is 25.7 Å². The van der Waals surface area contributed by atoms with E-state index in [1.165, 1.54) is 0 Å². The van der Waals surface area contributed by atoms with E-state index in [1.807, 2.05) is 0 Å². The van der Waals surface area contributed by atoms with E-state index >= 15 is 0 Å². The second-order valence-corrected chi connectivity index (χ2v) is 5.03. The molecule has 0 aromatic heterocycles. The van der Waals surface area contributed by atoms with Crippen molar-refractivity contribution >= 4 is 0 Å². The summed E-state index contributed by atoms with van der Waals surface area (Å²) in [5.74, 6) is 0.293. The summed E-state index contributed by atoms with van der Waals surface area (Å²) in [6.07, 6.45) is 4.22. The van der Waals surface area contributed by atoms with E-state index in [1.54, 1.807) is 0 Å². The SMILES string of the molecule is CCCC(CN)C1(O)CCC1(C)C. The van der Waals surface area contributed by atoms with Gasteiger partial charge in [0.05, 0.1) is 5.60 Å². The Labute approximate surface area is 81.5 Å². The molecule has 13 heavy (non-hydrogen) atoms. The van der Waals surface area contributed by atoms with Crippen LogP contribution in [0.1, 0.15) is 46.5 Å². The molecule has 0 aromatic carbocycles. The molecule has 2 atom stereocenters. The normalized spacial score (nSPS) is 33.9. The van der Waals surface area contributed by atoms with Crippen molar-refractivity contribution in [2.75, 3.05) is 6.54 Å². The standard InChI is InChI=1S/C11H23NO/c1-4-5-9(8-12)11(13)7-6-10(11,2)3/h9,13H,4-8,12H2,1-3H3. The van der Waals surface area contributed by atoms with Gasteiger partial charge < -0.3 is 10.8 Å². The van der Waals surface area contributed by atoms with Gasteiger partial charge in [0.25, 0.3) is 0 Å². The van der Waals surface area contributed by atoms with Gasteiger partial charge in [-0.3, -0.25) is 0 Å². The minimum atomic E-state index is -0.488. The molecule has 3 N–H and O–H groups in total. The lowest BCUT2D eigenvalue weighted by Gasteiger charge is -2.56. The van der Waals surface area contributed by atoms with Crippen LogP contribution in [0.25, 0.3) is 0 Å². The van der Waals surface area contributed by atoms with Gasteiger partial charge in [-0.25, -0.2) is 0 Å². The van der Waals surface area contributed by atoms with Crippen LogP contribution in [0.3, 0.4) is 0 Å². The van der Waals surface area contributed by atoms with Crippen LogP contribution in [-0.4, -0.2) is 17.3 Å². The van der Waals surface area contributed by atoms with Crippen LogP contribution in [0.2, 0.25) is 0 Å². The molecule has 78 valence electrons. The monoisotopic (exact) mass is 185 g/mol. The minimum absolute atomic E-state index is 0.0756. The lowest BCUT2D eigenvalue weighted by molar-refractivity contribution is -0.184. The van der Waals surface area contributed by atoms with E-state index in [2.05, 4.69) is 20.8 Å². The predicted molar refractivity (Wildman–Crippen MR) is 55.4 cm³/mol. The van der Waals surface area contributed by atoms with Gasteiger partial charge in [-0.05, 0) is 31.2 Å². The van der Waals surface area contributed by atoms with Crippen LogP contribution in [0.5, 0.6) is 0 Å². The zero-order valence-corrected chi connectivity index (χ0v) is 9.14. The Kier molecular flexibility index (Phi) is 3.03. The second-order valence-electron chi connectivity index (χ2n) is 5.03. The Morgan fingerprint density at radius 3 is 2.23 bits per heavy atom. The fourth-order valence-corrected chi connectivity index (χ4v) is 2.54. The van der Waals surface area contributed by atoms with E-state index in [0.29, 0.717) is 12.5 Å². The fourth-order valence-electron chi connectivity index (χ4n) is 2.54. The molecule has 0 heterocycles. The molecule has 0 saturated heterocycles. The Balaban J connectivity index is 2.67. The maximum absolute atomic E-state index is 10.4. The summed E-state index contributed by atoms with van der Waals surface area (Å²) in [7, 11) is 0. The van der Waals surface area contributed by atoms with Gasteiger partial charge in [-0.15, -0.1) is 0 Å². The molecule has 0 bridgehead atoms. The molecule has 0 aromatic rings. The smallest absolute Gasteiger partial charge is 0.0738 e. The molecule has 1 saturated carbocycles. The molecule has 1 rings (SSSR count). The summed E-state index contributed by atoms with van der Waals surface area (Å²) < 4.78 is 0. The third kappa shape index (κ3) is 1.62. The average molecular weight is 185 g/mol. The number of hydrogen-bond acceptors (Lipinski definition) is 2. The molecule has 1 fully saturated rings. The summed E-state index contributed by atoms with van der Waals surface area (Å²) in [5.41, 5.74) is 5.30. The highest BCUT2D eigenvalue weighted by atomic mass is 16.3. The lowest BCUT2D eigenvalue weighted by Crippen LogP contribution is -2.60. The van der Waals surface area contributed by atoms with Gasteiger partial charge in [0.2, 0.25) is 0 Å². The van der Waals surface area contributed by atoms with Crippen molar-refractivity contribution in [1.29, 1.82) is 0 Å². The Morgan fingerprint density at radius 2 is 2.00 bits per heavy atom. The van der Waals surface area contributed by atoms with Gasteiger partial charge in [0.1, 0.15) is 0 Å². The molecule has 1 aliphatic rings. The summed E-state index contributed by atoms with van der Waals surface area (Å²) in [6.45, 7) is 7.06. The number of hydrogen-bond donors (Lipinski definition) is 2. The number of aliphatic hydroxyl groups is 1. The topological polar surface area (TPSA) is 46.2 Å². The third-order valence-corrected chi connectivity index (χ3v) is 3.90. The van der Waals surface area contributed by atoms with Crippen LogP contribution < -0.4 is 5.73 Å². The largest absolute Gasteiger partial charge is 0.389 e. The zero-order chi connectivity index (χ0) is 10.1. The van der Waals surface area contributed by atoms with Gasteiger partial charge in [0.15, 0.2) is 0 Å². The molecular formula is C11H23NO. The fraction of sp³-hybridized carbons (Fsp3) is 1.00. The Bertz CT molecular complexity index is 179. The summed E-state index contributed by atoms with van der Waals surface area (Å²) in [4.78, 5) is 0. The third-order valence-electron chi connectivity index (χ3n) is 3.90. The maximum Gasteiger partial charge on any atom is 0.0738 e. The van der Waals surface area contributed by atoms with Gasteiger partial charge in [-0.1, -0.05) is 27.2 Å². The molecule has 2 nitrogen and oxygen atoms in total. The number of rotatable bonds is 4. The molecule has 2 unspecified atom stereocenters. The predicted octanol–water partition coefficient (Wildman–Crippen LogP) is 1.91. The maximum atomic E-state index is 10.4.